The summed E-state index contributed by atoms with van der Waals surface area (Å²) in [5, 5.41) is 1.62. The Morgan fingerprint density at radius 3 is 2.45 bits per heavy atom. The van der Waals surface area contributed by atoms with E-state index >= 15 is 0 Å². The van der Waals surface area contributed by atoms with Crippen LogP contribution in [0, 0.1) is 0 Å². The summed E-state index contributed by atoms with van der Waals surface area (Å²) in [6, 6.07) is 16.6. The summed E-state index contributed by atoms with van der Waals surface area (Å²) in [6.07, 6.45) is 4.17. The van der Waals surface area contributed by atoms with Crippen molar-refractivity contribution in [1.29, 1.82) is 0 Å². The van der Waals surface area contributed by atoms with Gasteiger partial charge in [0.1, 0.15) is 17.6 Å². The van der Waals surface area contributed by atoms with Crippen molar-refractivity contribution in [2.45, 2.75) is 0 Å². The summed E-state index contributed by atoms with van der Waals surface area (Å²) in [5.74, 6) is -0.356. The van der Waals surface area contributed by atoms with Crippen LogP contribution in [0.2, 0.25) is 15.1 Å². The van der Waals surface area contributed by atoms with Crippen LogP contribution in [-0.4, -0.2) is 5.97 Å². The predicted molar refractivity (Wildman–Crippen MR) is 124 cm³/mol. The molecule has 0 radical (unpaired) electrons. The average molecular weight is 472 g/mol. The van der Waals surface area contributed by atoms with Gasteiger partial charge < -0.3 is 9.15 Å². The number of hydrogen-bond acceptors (Lipinski definition) is 4. The normalized spacial score (nSPS) is 11.2. The second kappa shape index (κ2) is 8.98. The van der Waals surface area contributed by atoms with Crippen LogP contribution in [0.15, 0.2) is 82.2 Å². The molecule has 7 heteroatoms. The van der Waals surface area contributed by atoms with Crippen molar-refractivity contribution in [2.75, 3.05) is 0 Å². The van der Waals surface area contributed by atoms with E-state index in [0.29, 0.717) is 42.7 Å². The third kappa shape index (κ3) is 4.67. The largest absolute Gasteiger partial charge is 0.463 e. The van der Waals surface area contributed by atoms with Gasteiger partial charge in [-0.15, -0.1) is 0 Å². The van der Waals surface area contributed by atoms with Gasteiger partial charge >= 0.3 is 5.97 Å². The highest BCUT2D eigenvalue weighted by Crippen LogP contribution is 2.28. The lowest BCUT2D eigenvalue weighted by molar-refractivity contribution is -0.128. The Kier molecular flexibility index (Phi) is 6.14. The Morgan fingerprint density at radius 2 is 1.68 bits per heavy atom. The molecule has 0 unspecified atom stereocenters. The van der Waals surface area contributed by atoms with E-state index in [2.05, 4.69) is 0 Å². The molecular formula is C24H13Cl3O4. The van der Waals surface area contributed by atoms with E-state index in [9.17, 15) is 9.59 Å². The molecule has 0 aliphatic carbocycles. The molecular weight excluding hydrogens is 459 g/mol. The van der Waals surface area contributed by atoms with Crippen LogP contribution >= 0.6 is 34.8 Å². The van der Waals surface area contributed by atoms with Crippen LogP contribution in [0.3, 0.4) is 0 Å². The minimum absolute atomic E-state index is 0.230. The molecule has 0 fully saturated rings. The second-order valence-electron chi connectivity index (χ2n) is 6.54. The summed E-state index contributed by atoms with van der Waals surface area (Å²) in [4.78, 5) is 25.0. The summed E-state index contributed by atoms with van der Waals surface area (Å²) >= 11 is 18.0. The fourth-order valence-corrected chi connectivity index (χ4v) is 3.51. The van der Waals surface area contributed by atoms with Crippen molar-refractivity contribution < 1.29 is 13.9 Å². The van der Waals surface area contributed by atoms with Gasteiger partial charge in [0.15, 0.2) is 0 Å². The Hall–Kier alpha value is -3.05. The van der Waals surface area contributed by atoms with E-state index in [-0.39, 0.29) is 11.2 Å². The molecule has 31 heavy (non-hydrogen) atoms. The monoisotopic (exact) mass is 470 g/mol. The van der Waals surface area contributed by atoms with E-state index in [1.165, 1.54) is 24.5 Å². The minimum atomic E-state index is -0.597. The number of fused-ring (bicyclic) bond motifs is 1. The van der Waals surface area contributed by atoms with E-state index < -0.39 is 5.97 Å². The molecule has 0 bridgehead atoms. The molecule has 0 N–H and O–H groups in total. The number of benzene rings is 3. The van der Waals surface area contributed by atoms with Crippen molar-refractivity contribution in [1.82, 2.24) is 0 Å². The molecule has 0 atom stereocenters. The van der Waals surface area contributed by atoms with Gasteiger partial charge in [-0.05, 0) is 42.0 Å². The number of ether oxygens (including phenoxy) is 1. The molecule has 0 saturated carbocycles. The van der Waals surface area contributed by atoms with Gasteiger partial charge in [0.05, 0.1) is 21.0 Å². The van der Waals surface area contributed by atoms with E-state index in [1.54, 1.807) is 54.6 Å². The first-order chi connectivity index (χ1) is 14.9. The maximum Gasteiger partial charge on any atom is 0.336 e. The number of carbonyl (C=O) groups excluding carboxylic acids is 1. The Morgan fingerprint density at radius 1 is 0.871 bits per heavy atom. The number of rotatable bonds is 4. The highest BCUT2D eigenvalue weighted by Gasteiger charge is 2.13. The highest BCUT2D eigenvalue weighted by atomic mass is 35.5. The average Bonchev–Trinajstić information content (AvgIpc) is 2.75. The van der Waals surface area contributed by atoms with Crippen molar-refractivity contribution in [3.8, 4) is 16.9 Å². The van der Waals surface area contributed by atoms with Crippen LogP contribution in [0.1, 0.15) is 5.56 Å². The molecule has 4 rings (SSSR count). The summed E-state index contributed by atoms with van der Waals surface area (Å²) < 4.78 is 10.9. The van der Waals surface area contributed by atoms with Gasteiger partial charge in [-0.2, -0.15) is 0 Å². The number of carbonyl (C=O) groups is 1. The number of hydrogen-bond donors (Lipinski definition) is 0. The summed E-state index contributed by atoms with van der Waals surface area (Å²) in [5.41, 5.74) is 1.70. The summed E-state index contributed by atoms with van der Waals surface area (Å²) in [7, 11) is 0. The first-order valence-corrected chi connectivity index (χ1v) is 10.2. The molecule has 1 heterocycles. The fourth-order valence-electron chi connectivity index (χ4n) is 2.97. The van der Waals surface area contributed by atoms with Gasteiger partial charge in [0.2, 0.25) is 5.43 Å². The minimum Gasteiger partial charge on any atom is -0.463 e. The molecule has 4 aromatic rings. The Bertz CT molecular complexity index is 1390. The zero-order chi connectivity index (χ0) is 22.0. The molecule has 0 spiro atoms. The van der Waals surface area contributed by atoms with Crippen LogP contribution < -0.4 is 10.2 Å². The standard InChI is InChI=1S/C24H13Cl3O4/c25-19-4-2-1-3-16(19)18-13-30-22-12-15(7-8-17(22)24(18)29)31-23(28)10-6-14-5-9-20(26)21(27)11-14/h1-13H/b10-6+. The van der Waals surface area contributed by atoms with E-state index in [1.807, 2.05) is 0 Å². The number of halogens is 3. The van der Waals surface area contributed by atoms with Gasteiger partial charge in [0, 0.05) is 22.7 Å². The van der Waals surface area contributed by atoms with E-state index in [0.717, 1.165) is 0 Å². The molecule has 0 saturated heterocycles. The quantitative estimate of drug-likeness (QED) is 0.182. The zero-order valence-corrected chi connectivity index (χ0v) is 18.0. The first kappa shape index (κ1) is 21.2. The van der Waals surface area contributed by atoms with Gasteiger partial charge in [-0.1, -0.05) is 59.1 Å². The van der Waals surface area contributed by atoms with Crippen molar-refractivity contribution in [2.24, 2.45) is 0 Å². The Labute approximate surface area is 192 Å². The molecule has 0 aliphatic heterocycles. The SMILES string of the molecule is O=C(/C=C/c1ccc(Cl)c(Cl)c1)Oc1ccc2c(=O)c(-c3ccccc3Cl)coc2c1. The van der Waals surface area contributed by atoms with Gasteiger partial charge in [0.25, 0.3) is 0 Å². The van der Waals surface area contributed by atoms with E-state index in [4.69, 9.17) is 44.0 Å². The first-order valence-electron chi connectivity index (χ1n) is 9.08. The van der Waals surface area contributed by atoms with Crippen molar-refractivity contribution >= 4 is 57.8 Å². The second-order valence-corrected chi connectivity index (χ2v) is 7.77. The molecule has 3 aromatic carbocycles. The van der Waals surface area contributed by atoms with Gasteiger partial charge in [-0.3, -0.25) is 4.79 Å². The maximum atomic E-state index is 12.9. The fraction of sp³-hybridized carbons (Fsp3) is 0. The zero-order valence-electron chi connectivity index (χ0n) is 15.8. The van der Waals surface area contributed by atoms with Crippen LogP contribution in [0.5, 0.6) is 5.75 Å². The lowest BCUT2D eigenvalue weighted by Crippen LogP contribution is -2.06. The van der Waals surface area contributed by atoms with Crippen molar-refractivity contribution in [3.63, 3.8) is 0 Å². The number of esters is 1. The molecule has 4 nitrogen and oxygen atoms in total. The lowest BCUT2D eigenvalue weighted by Gasteiger charge is -2.06. The highest BCUT2D eigenvalue weighted by molar-refractivity contribution is 6.42. The van der Waals surface area contributed by atoms with Crippen LogP contribution in [-0.2, 0) is 4.79 Å². The third-order valence-electron chi connectivity index (χ3n) is 4.48. The van der Waals surface area contributed by atoms with Crippen molar-refractivity contribution in [3.05, 3.63) is 104 Å². The third-order valence-corrected chi connectivity index (χ3v) is 5.55. The molecule has 0 aliphatic rings. The smallest absolute Gasteiger partial charge is 0.336 e. The predicted octanol–water partition coefficient (Wildman–Crippen LogP) is 7.04. The van der Waals surface area contributed by atoms with Gasteiger partial charge in [-0.25, -0.2) is 4.79 Å². The summed E-state index contributed by atoms with van der Waals surface area (Å²) in [6.45, 7) is 0. The molecule has 1 aromatic heterocycles. The maximum absolute atomic E-state index is 12.9. The molecule has 0 amide bonds. The van der Waals surface area contributed by atoms with Crippen LogP contribution in [0.25, 0.3) is 28.2 Å². The molecule has 154 valence electrons. The Balaban J connectivity index is 1.57. The lowest BCUT2D eigenvalue weighted by atomic mass is 10.1. The van der Waals surface area contributed by atoms with Crippen LogP contribution in [0.4, 0.5) is 0 Å². The topological polar surface area (TPSA) is 56.5 Å².